The predicted octanol–water partition coefficient (Wildman–Crippen LogP) is 13.5. The summed E-state index contributed by atoms with van der Waals surface area (Å²) in [6, 6.07) is -1.54. The van der Waals surface area contributed by atoms with Crippen LogP contribution in [0.15, 0.2) is 0 Å². The summed E-state index contributed by atoms with van der Waals surface area (Å²) in [5.41, 5.74) is 0. The summed E-state index contributed by atoms with van der Waals surface area (Å²) in [4.78, 5) is 46.0. The number of unbranched alkanes of at least 4 members (excludes halogenated alkanes) is 34. The second kappa shape index (κ2) is 44.1. The Morgan fingerprint density at radius 3 is 1.10 bits per heavy atom. The van der Waals surface area contributed by atoms with E-state index < -0.39 is 57.6 Å². The van der Waals surface area contributed by atoms with Crippen molar-refractivity contribution in [3.8, 4) is 0 Å². The standard InChI is InChI=1S/C48H94NO10P/c1-3-5-7-9-11-13-15-17-19-21-22-23-24-26-28-30-32-34-36-38-40-47(52)57-41-44(50)42-58-60(55,56)59-43-45(48(53)54)49-46(51)39-37-35-33-31-29-27-25-20-18-16-14-12-10-8-6-4-2/h44-45,50H,3-43H2,1-2H3,(H,49,51)(H,53,54)(H,55,56). The predicted molar refractivity (Wildman–Crippen MR) is 245 cm³/mol. The van der Waals surface area contributed by atoms with E-state index in [1.807, 2.05) is 0 Å². The highest BCUT2D eigenvalue weighted by atomic mass is 31.2. The summed E-state index contributed by atoms with van der Waals surface area (Å²) in [5, 5.41) is 21.9. The molecule has 0 aromatic heterocycles. The number of ether oxygens (including phenoxy) is 1. The van der Waals surface area contributed by atoms with Crippen molar-refractivity contribution in [1.29, 1.82) is 0 Å². The number of rotatable bonds is 48. The molecule has 0 aliphatic heterocycles. The van der Waals surface area contributed by atoms with Crippen LogP contribution in [0.3, 0.4) is 0 Å². The Bertz CT molecular complexity index is 1030. The molecule has 0 spiro atoms. The van der Waals surface area contributed by atoms with E-state index in [1.165, 1.54) is 180 Å². The van der Waals surface area contributed by atoms with E-state index in [4.69, 9.17) is 13.8 Å². The maximum absolute atomic E-state index is 12.3. The Hall–Kier alpha value is -1.52. The number of carbonyl (C=O) groups is 3. The second-order valence-electron chi connectivity index (χ2n) is 17.4. The quantitative estimate of drug-likeness (QED) is 0.0262. The summed E-state index contributed by atoms with van der Waals surface area (Å²) >= 11 is 0. The van der Waals surface area contributed by atoms with Gasteiger partial charge in [0.25, 0.3) is 0 Å². The van der Waals surface area contributed by atoms with E-state index >= 15 is 0 Å². The molecule has 12 heteroatoms. The summed E-state index contributed by atoms with van der Waals surface area (Å²) in [7, 11) is -4.75. The van der Waals surface area contributed by atoms with Gasteiger partial charge in [0, 0.05) is 12.8 Å². The first-order valence-electron chi connectivity index (χ1n) is 25.1. The molecule has 0 rings (SSSR count). The number of phosphoric ester groups is 1. The molecule has 3 unspecified atom stereocenters. The lowest BCUT2D eigenvalue weighted by Crippen LogP contribution is -2.43. The van der Waals surface area contributed by atoms with Crippen molar-refractivity contribution in [3.05, 3.63) is 0 Å². The number of aliphatic hydroxyl groups is 1. The van der Waals surface area contributed by atoms with E-state index in [2.05, 4.69) is 19.2 Å². The van der Waals surface area contributed by atoms with Crippen molar-refractivity contribution in [2.45, 2.75) is 270 Å². The molecule has 0 radical (unpaired) electrons. The number of hydrogen-bond donors (Lipinski definition) is 4. The van der Waals surface area contributed by atoms with Gasteiger partial charge in [-0.25, -0.2) is 9.36 Å². The number of carboxylic acids is 1. The Kier molecular flexibility index (Phi) is 43.0. The van der Waals surface area contributed by atoms with E-state index in [9.17, 15) is 34.1 Å². The third kappa shape index (κ3) is 43.1. The molecule has 0 fully saturated rings. The van der Waals surface area contributed by atoms with Crippen LogP contribution in [0.25, 0.3) is 0 Å². The number of aliphatic hydroxyl groups excluding tert-OH is 1. The van der Waals surface area contributed by atoms with Crippen LogP contribution in [-0.2, 0) is 32.7 Å². The van der Waals surface area contributed by atoms with Gasteiger partial charge in [-0.1, -0.05) is 232 Å². The Morgan fingerprint density at radius 1 is 0.467 bits per heavy atom. The average molecular weight is 876 g/mol. The van der Waals surface area contributed by atoms with Crippen molar-refractivity contribution >= 4 is 25.7 Å². The number of hydrogen-bond acceptors (Lipinski definition) is 8. The van der Waals surface area contributed by atoms with Crippen LogP contribution in [0.5, 0.6) is 0 Å². The number of aliphatic carboxylic acids is 1. The first kappa shape index (κ1) is 58.5. The van der Waals surface area contributed by atoms with Gasteiger partial charge < -0.3 is 25.2 Å². The fourth-order valence-electron chi connectivity index (χ4n) is 7.50. The smallest absolute Gasteiger partial charge is 0.472 e. The third-order valence-corrected chi connectivity index (χ3v) is 12.3. The van der Waals surface area contributed by atoms with E-state index in [0.717, 1.165) is 38.5 Å². The van der Waals surface area contributed by atoms with Crippen LogP contribution in [0.2, 0.25) is 0 Å². The van der Waals surface area contributed by atoms with Gasteiger partial charge >= 0.3 is 19.8 Å². The topological polar surface area (TPSA) is 169 Å². The molecule has 0 aliphatic rings. The van der Waals surface area contributed by atoms with Crippen molar-refractivity contribution in [1.82, 2.24) is 5.32 Å². The molecule has 11 nitrogen and oxygen atoms in total. The Balaban J connectivity index is 3.78. The number of carbonyl (C=O) groups excluding carboxylic acids is 2. The molecule has 60 heavy (non-hydrogen) atoms. The second-order valence-corrected chi connectivity index (χ2v) is 18.8. The van der Waals surface area contributed by atoms with E-state index in [-0.39, 0.29) is 12.8 Å². The molecule has 4 N–H and O–H groups in total. The summed E-state index contributed by atoms with van der Waals surface area (Å²) in [5.74, 6) is -2.35. The molecule has 0 aromatic rings. The summed E-state index contributed by atoms with van der Waals surface area (Å²) in [6.07, 6.45) is 44.1. The maximum atomic E-state index is 12.3. The molecule has 0 bridgehead atoms. The highest BCUT2D eigenvalue weighted by Crippen LogP contribution is 2.43. The van der Waals surface area contributed by atoms with Crippen LogP contribution in [0.4, 0.5) is 0 Å². The molecular weight excluding hydrogens is 781 g/mol. The van der Waals surface area contributed by atoms with Gasteiger partial charge in [-0.2, -0.15) is 0 Å². The van der Waals surface area contributed by atoms with E-state index in [0.29, 0.717) is 12.8 Å². The minimum Gasteiger partial charge on any atom is -0.480 e. The molecule has 0 heterocycles. The lowest BCUT2D eigenvalue weighted by molar-refractivity contribution is -0.147. The molecule has 356 valence electrons. The number of nitrogens with one attached hydrogen (secondary N) is 1. The minimum atomic E-state index is -4.75. The van der Waals surface area contributed by atoms with Gasteiger partial charge in [0.15, 0.2) is 6.04 Å². The van der Waals surface area contributed by atoms with Crippen LogP contribution in [-0.4, -0.2) is 64.9 Å². The maximum Gasteiger partial charge on any atom is 0.472 e. The fraction of sp³-hybridized carbons (Fsp3) is 0.938. The summed E-state index contributed by atoms with van der Waals surface area (Å²) in [6.45, 7) is 2.65. The van der Waals surface area contributed by atoms with Crippen molar-refractivity contribution in [2.75, 3.05) is 19.8 Å². The molecule has 0 aliphatic carbocycles. The highest BCUT2D eigenvalue weighted by Gasteiger charge is 2.28. The Morgan fingerprint density at radius 2 is 0.767 bits per heavy atom. The SMILES string of the molecule is CCCCCCCCCCCCCCCCCCCCCCC(=O)OCC(O)COP(=O)(O)OCC(NC(=O)CCCCCCCCCCCCCCCCCC)C(=O)O. The monoisotopic (exact) mass is 876 g/mol. The average Bonchev–Trinajstić information content (AvgIpc) is 3.22. The zero-order chi connectivity index (χ0) is 44.2. The summed E-state index contributed by atoms with van der Waals surface area (Å²) < 4.78 is 26.9. The minimum absolute atomic E-state index is 0.153. The van der Waals surface area contributed by atoms with Gasteiger partial charge in [0.05, 0.1) is 13.2 Å². The van der Waals surface area contributed by atoms with Gasteiger partial charge in [0.2, 0.25) is 5.91 Å². The van der Waals surface area contributed by atoms with Gasteiger partial charge in [-0.15, -0.1) is 0 Å². The lowest BCUT2D eigenvalue weighted by atomic mass is 10.0. The van der Waals surface area contributed by atoms with Crippen LogP contribution in [0.1, 0.15) is 258 Å². The van der Waals surface area contributed by atoms with Crippen molar-refractivity contribution < 1.29 is 47.8 Å². The zero-order valence-electron chi connectivity index (χ0n) is 38.8. The molecule has 3 atom stereocenters. The fourth-order valence-corrected chi connectivity index (χ4v) is 8.27. The largest absolute Gasteiger partial charge is 0.480 e. The van der Waals surface area contributed by atoms with Crippen molar-refractivity contribution in [3.63, 3.8) is 0 Å². The molecule has 0 saturated carbocycles. The van der Waals surface area contributed by atoms with Crippen molar-refractivity contribution in [2.24, 2.45) is 0 Å². The molecule has 0 aromatic carbocycles. The van der Waals surface area contributed by atoms with Gasteiger partial charge in [-0.05, 0) is 12.8 Å². The molecule has 1 amide bonds. The number of carboxylic acid groups (broad SMARTS) is 1. The number of phosphoric acid groups is 1. The van der Waals surface area contributed by atoms with Crippen LogP contribution < -0.4 is 5.32 Å². The van der Waals surface area contributed by atoms with Crippen LogP contribution in [0, 0.1) is 0 Å². The third-order valence-electron chi connectivity index (χ3n) is 11.4. The van der Waals surface area contributed by atoms with Gasteiger partial charge in [0.1, 0.15) is 12.7 Å². The van der Waals surface area contributed by atoms with E-state index in [1.54, 1.807) is 0 Å². The lowest BCUT2D eigenvalue weighted by Gasteiger charge is -2.18. The van der Waals surface area contributed by atoms with Gasteiger partial charge in [-0.3, -0.25) is 18.6 Å². The number of amides is 1. The molecule has 0 saturated heterocycles. The molecular formula is C48H94NO10P. The highest BCUT2D eigenvalue weighted by molar-refractivity contribution is 7.47. The number of esters is 1. The normalized spacial score (nSPS) is 13.5. The van der Waals surface area contributed by atoms with Crippen LogP contribution >= 0.6 is 7.82 Å². The first-order valence-corrected chi connectivity index (χ1v) is 26.6. The first-order chi connectivity index (χ1) is 29.1. The zero-order valence-corrected chi connectivity index (χ0v) is 39.7. The Labute approximate surface area is 367 Å².